The van der Waals surface area contributed by atoms with Gasteiger partial charge in [-0.2, -0.15) is 0 Å². The van der Waals surface area contributed by atoms with E-state index in [4.69, 9.17) is 0 Å². The van der Waals surface area contributed by atoms with E-state index in [9.17, 15) is 4.79 Å². The van der Waals surface area contributed by atoms with E-state index in [0.717, 1.165) is 22.1 Å². The molecule has 0 saturated heterocycles. The summed E-state index contributed by atoms with van der Waals surface area (Å²) in [6.45, 7) is 1.93. The molecule has 0 aromatic carbocycles. The molecule has 0 unspecified atom stereocenters. The minimum absolute atomic E-state index is 0.0941. The number of aromatic nitrogens is 3. The quantitative estimate of drug-likeness (QED) is 0.799. The molecule has 2 heterocycles. The average molecular weight is 382 g/mol. The van der Waals surface area contributed by atoms with Crippen molar-refractivity contribution in [3.8, 4) is 0 Å². The summed E-state index contributed by atoms with van der Waals surface area (Å²) >= 11 is 2.17. The highest BCUT2D eigenvalue weighted by Gasteiger charge is 2.35. The Morgan fingerprint density at radius 1 is 1.55 bits per heavy atom. The van der Waals surface area contributed by atoms with Crippen molar-refractivity contribution in [2.45, 2.75) is 25.8 Å². The number of H-pyrrole nitrogens is 1. The second-order valence-corrected chi connectivity index (χ2v) is 6.32. The molecule has 0 aliphatic heterocycles. The number of aromatic amines is 1. The number of carbonyl (C=O) groups excluding carboxylic acids is 1. The van der Waals surface area contributed by atoms with Crippen molar-refractivity contribution in [1.29, 1.82) is 0 Å². The molecule has 6 heteroatoms. The first-order valence-corrected chi connectivity index (χ1v) is 7.65. The summed E-state index contributed by atoms with van der Waals surface area (Å²) in [6.07, 6.45) is 5.79. The minimum Gasteiger partial charge on any atom is -0.356 e. The number of halogens is 1. The Morgan fingerprint density at radius 2 is 2.35 bits per heavy atom. The first kappa shape index (κ1) is 13.5. The van der Waals surface area contributed by atoms with Crippen LogP contribution in [0.3, 0.4) is 0 Å². The number of rotatable bonds is 4. The van der Waals surface area contributed by atoms with Gasteiger partial charge in [0, 0.05) is 21.7 Å². The highest BCUT2D eigenvalue weighted by Crippen LogP contribution is 2.40. The molecule has 1 saturated carbocycles. The Morgan fingerprint density at radius 3 is 2.95 bits per heavy atom. The van der Waals surface area contributed by atoms with Crippen LogP contribution >= 0.6 is 22.6 Å². The lowest BCUT2D eigenvalue weighted by molar-refractivity contribution is 0.0925. The van der Waals surface area contributed by atoms with Gasteiger partial charge in [-0.25, -0.2) is 9.97 Å². The molecule has 2 N–H and O–H groups in total. The van der Waals surface area contributed by atoms with E-state index >= 15 is 0 Å². The van der Waals surface area contributed by atoms with Gasteiger partial charge >= 0.3 is 0 Å². The van der Waals surface area contributed by atoms with Crippen LogP contribution in [0.25, 0.3) is 0 Å². The van der Waals surface area contributed by atoms with Gasteiger partial charge in [-0.15, -0.1) is 0 Å². The first-order chi connectivity index (χ1) is 9.63. The van der Waals surface area contributed by atoms with E-state index < -0.39 is 0 Å². The van der Waals surface area contributed by atoms with Crippen LogP contribution in [0.15, 0.2) is 24.5 Å². The number of carbonyl (C=O) groups is 1. The second kappa shape index (κ2) is 5.51. The molecule has 1 aliphatic rings. The number of hydrogen-bond acceptors (Lipinski definition) is 3. The molecule has 1 fully saturated rings. The van der Waals surface area contributed by atoms with Gasteiger partial charge in [-0.1, -0.05) is 0 Å². The molecule has 0 spiro atoms. The van der Waals surface area contributed by atoms with Crippen LogP contribution in [0.5, 0.6) is 0 Å². The summed E-state index contributed by atoms with van der Waals surface area (Å²) in [5.74, 6) is 1.06. The van der Waals surface area contributed by atoms with Crippen molar-refractivity contribution in [2.75, 3.05) is 0 Å². The van der Waals surface area contributed by atoms with Crippen LogP contribution in [-0.4, -0.2) is 20.9 Å². The summed E-state index contributed by atoms with van der Waals surface area (Å²) in [5.41, 5.74) is 1.50. The lowest BCUT2D eigenvalue weighted by atomic mass is 10.1. The maximum absolute atomic E-state index is 12.3. The van der Waals surface area contributed by atoms with Crippen molar-refractivity contribution in [3.05, 3.63) is 45.3 Å². The molecule has 2 aromatic rings. The van der Waals surface area contributed by atoms with Gasteiger partial charge in [-0.3, -0.25) is 4.79 Å². The van der Waals surface area contributed by atoms with Crippen molar-refractivity contribution in [1.82, 2.24) is 20.3 Å². The molecular formula is C14H15IN4O. The molecule has 1 aliphatic carbocycles. The molecule has 0 bridgehead atoms. The molecule has 1 atom stereocenters. The maximum atomic E-state index is 12.3. The lowest BCUT2D eigenvalue weighted by Gasteiger charge is -2.16. The minimum atomic E-state index is -0.102. The summed E-state index contributed by atoms with van der Waals surface area (Å²) in [4.78, 5) is 24.0. The van der Waals surface area contributed by atoms with Crippen LogP contribution < -0.4 is 5.32 Å². The van der Waals surface area contributed by atoms with E-state index in [1.54, 1.807) is 6.20 Å². The normalized spacial score (nSPS) is 15.9. The van der Waals surface area contributed by atoms with Crippen molar-refractivity contribution in [2.24, 2.45) is 5.92 Å². The Labute approximate surface area is 130 Å². The van der Waals surface area contributed by atoms with Crippen LogP contribution in [0.1, 0.15) is 40.9 Å². The van der Waals surface area contributed by atoms with E-state index in [1.165, 1.54) is 0 Å². The molecule has 20 heavy (non-hydrogen) atoms. The van der Waals surface area contributed by atoms with Gasteiger partial charge in [0.25, 0.3) is 5.91 Å². The summed E-state index contributed by atoms with van der Waals surface area (Å²) < 4.78 is 1.02. The molecule has 3 rings (SSSR count). The van der Waals surface area contributed by atoms with Gasteiger partial charge in [-0.05, 0) is 60.4 Å². The third-order valence-corrected chi connectivity index (χ3v) is 3.99. The van der Waals surface area contributed by atoms with E-state index in [-0.39, 0.29) is 11.9 Å². The van der Waals surface area contributed by atoms with E-state index in [1.807, 2.05) is 25.3 Å². The fraction of sp³-hybridized carbons (Fsp3) is 0.357. The van der Waals surface area contributed by atoms with Crippen molar-refractivity contribution < 1.29 is 4.79 Å². The largest absolute Gasteiger partial charge is 0.356 e. The number of amides is 1. The molecule has 104 valence electrons. The Hall–Kier alpha value is -1.44. The number of hydrogen-bond donors (Lipinski definition) is 2. The fourth-order valence-electron chi connectivity index (χ4n) is 2.16. The van der Waals surface area contributed by atoms with E-state index in [2.05, 4.69) is 42.9 Å². The number of aryl methyl sites for hydroxylation is 1. The third-order valence-electron chi connectivity index (χ3n) is 3.36. The molecular weight excluding hydrogens is 367 g/mol. The number of nitrogens with one attached hydrogen (secondary N) is 2. The molecule has 2 aromatic heterocycles. The third kappa shape index (κ3) is 3.00. The van der Waals surface area contributed by atoms with Crippen LogP contribution in [-0.2, 0) is 0 Å². The predicted octanol–water partition coefficient (Wildman–Crippen LogP) is 2.60. The highest BCUT2D eigenvalue weighted by molar-refractivity contribution is 14.1. The van der Waals surface area contributed by atoms with Gasteiger partial charge in [0.05, 0.1) is 6.04 Å². The first-order valence-electron chi connectivity index (χ1n) is 6.58. The van der Waals surface area contributed by atoms with Gasteiger partial charge in [0.1, 0.15) is 5.69 Å². The Balaban J connectivity index is 1.80. The zero-order valence-electron chi connectivity index (χ0n) is 11.1. The lowest BCUT2D eigenvalue weighted by Crippen LogP contribution is -2.31. The monoisotopic (exact) mass is 382 g/mol. The second-order valence-electron chi connectivity index (χ2n) is 5.08. The topological polar surface area (TPSA) is 70.7 Å². The predicted molar refractivity (Wildman–Crippen MR) is 83.2 cm³/mol. The Kier molecular flexibility index (Phi) is 3.73. The SMILES string of the molecule is Cc1ccnc([C@H](NC(=O)c2cc(I)c[nH]2)C2CC2)n1. The summed E-state index contributed by atoms with van der Waals surface area (Å²) in [5, 5.41) is 3.05. The summed E-state index contributed by atoms with van der Waals surface area (Å²) in [7, 11) is 0. The van der Waals surface area contributed by atoms with Crippen LogP contribution in [0, 0.1) is 16.4 Å². The van der Waals surface area contributed by atoms with Crippen LogP contribution in [0.2, 0.25) is 0 Å². The molecule has 5 nitrogen and oxygen atoms in total. The van der Waals surface area contributed by atoms with Gasteiger partial charge in [0.2, 0.25) is 0 Å². The standard InChI is InChI=1S/C14H15IN4O/c1-8-4-5-16-13(18-8)12(9-2-3-9)19-14(20)11-6-10(15)7-17-11/h4-7,9,12,17H,2-3H2,1H3,(H,19,20)/t12-/m1/s1. The zero-order valence-corrected chi connectivity index (χ0v) is 13.2. The van der Waals surface area contributed by atoms with Crippen LogP contribution in [0.4, 0.5) is 0 Å². The smallest absolute Gasteiger partial charge is 0.268 e. The van der Waals surface area contributed by atoms with Gasteiger partial charge in [0.15, 0.2) is 5.82 Å². The van der Waals surface area contributed by atoms with E-state index in [0.29, 0.717) is 17.4 Å². The van der Waals surface area contributed by atoms with Crippen molar-refractivity contribution >= 4 is 28.5 Å². The fourth-order valence-corrected chi connectivity index (χ4v) is 2.63. The Bertz CT molecular complexity index is 636. The highest BCUT2D eigenvalue weighted by atomic mass is 127. The molecule has 0 radical (unpaired) electrons. The molecule has 1 amide bonds. The van der Waals surface area contributed by atoms with Crippen molar-refractivity contribution in [3.63, 3.8) is 0 Å². The maximum Gasteiger partial charge on any atom is 0.268 e. The number of nitrogens with zero attached hydrogens (tertiary/aromatic N) is 2. The zero-order chi connectivity index (χ0) is 14.1. The average Bonchev–Trinajstić information content (AvgIpc) is 3.17. The summed E-state index contributed by atoms with van der Waals surface area (Å²) in [6, 6.07) is 3.60. The van der Waals surface area contributed by atoms with Gasteiger partial charge < -0.3 is 10.3 Å².